The molecule has 0 bridgehead atoms. The zero-order valence-electron chi connectivity index (χ0n) is 25.0. The van der Waals surface area contributed by atoms with Crippen LogP contribution in [0.25, 0.3) is 11.0 Å². The first-order valence-electron chi connectivity index (χ1n) is 14.5. The van der Waals surface area contributed by atoms with Crippen LogP contribution in [0.4, 0.5) is 5.69 Å². The fourth-order valence-corrected chi connectivity index (χ4v) is 7.48. The van der Waals surface area contributed by atoms with Crippen LogP contribution in [0.5, 0.6) is 0 Å². The van der Waals surface area contributed by atoms with Crippen molar-refractivity contribution in [3.8, 4) is 0 Å². The van der Waals surface area contributed by atoms with Gasteiger partial charge in [0.15, 0.2) is 0 Å². The molecule has 6 rings (SSSR count). The number of sulfonamides is 1. The van der Waals surface area contributed by atoms with Crippen molar-refractivity contribution in [3.63, 3.8) is 0 Å². The van der Waals surface area contributed by atoms with Gasteiger partial charge in [-0.15, -0.1) is 0 Å². The first-order valence-corrected chi connectivity index (χ1v) is 16.0. The highest BCUT2D eigenvalue weighted by atomic mass is 32.2. The van der Waals surface area contributed by atoms with Gasteiger partial charge in [-0.05, 0) is 42.2 Å². The zero-order chi connectivity index (χ0) is 30.4. The number of para-hydroxylation sites is 1. The molecule has 5 nitrogen and oxygen atoms in total. The Morgan fingerprint density at radius 1 is 0.837 bits per heavy atom. The van der Waals surface area contributed by atoms with Gasteiger partial charge < -0.3 is 4.42 Å². The molecule has 1 aliphatic heterocycles. The fraction of sp³-hybridized carbons (Fsp3) is 0.216. The van der Waals surface area contributed by atoms with Crippen LogP contribution >= 0.6 is 0 Å². The van der Waals surface area contributed by atoms with Crippen LogP contribution in [0.3, 0.4) is 0 Å². The van der Waals surface area contributed by atoms with Crippen molar-refractivity contribution in [3.05, 3.63) is 144 Å². The summed E-state index contributed by atoms with van der Waals surface area (Å²) in [5.74, 6) is 0.306. The summed E-state index contributed by atoms with van der Waals surface area (Å²) < 4.78 is 37.0. The average molecular weight is 589 g/mol. The zero-order valence-corrected chi connectivity index (χ0v) is 25.8. The SMILES string of the molecule is C=C1CN(S(=O)(=O)c2ccc(C)cc2)c2c(oc3ccccc23)[C@@H](C(C)(C)C)C1N=C(c1ccccc1)c1ccccc1. The van der Waals surface area contributed by atoms with Crippen molar-refractivity contribution in [1.29, 1.82) is 0 Å². The Kier molecular flexibility index (Phi) is 7.35. The number of hydrogen-bond acceptors (Lipinski definition) is 4. The number of fused-ring (bicyclic) bond motifs is 3. The number of rotatable bonds is 5. The third-order valence-electron chi connectivity index (χ3n) is 8.11. The van der Waals surface area contributed by atoms with Gasteiger partial charge in [0.2, 0.25) is 0 Å². The highest BCUT2D eigenvalue weighted by Gasteiger charge is 2.46. The Bertz CT molecular complexity index is 1880. The quantitative estimate of drug-likeness (QED) is 0.153. The lowest BCUT2D eigenvalue weighted by Gasteiger charge is -2.34. The van der Waals surface area contributed by atoms with Crippen molar-refractivity contribution in [2.45, 2.75) is 44.6 Å². The Labute approximate surface area is 254 Å². The largest absolute Gasteiger partial charge is 0.458 e. The minimum atomic E-state index is -3.97. The van der Waals surface area contributed by atoms with Crippen LogP contribution in [-0.4, -0.2) is 26.7 Å². The van der Waals surface area contributed by atoms with E-state index in [4.69, 9.17) is 9.41 Å². The smallest absolute Gasteiger partial charge is 0.264 e. The van der Waals surface area contributed by atoms with E-state index >= 15 is 0 Å². The molecular formula is C37H36N2O3S. The molecular weight excluding hydrogens is 552 g/mol. The molecule has 1 unspecified atom stereocenters. The summed E-state index contributed by atoms with van der Waals surface area (Å²) >= 11 is 0. The molecule has 0 radical (unpaired) electrons. The topological polar surface area (TPSA) is 62.9 Å². The molecule has 0 N–H and O–H groups in total. The average Bonchev–Trinajstić information content (AvgIpc) is 3.30. The van der Waals surface area contributed by atoms with Crippen molar-refractivity contribution >= 4 is 32.4 Å². The highest BCUT2D eigenvalue weighted by molar-refractivity contribution is 7.92. The van der Waals surface area contributed by atoms with Crippen LogP contribution in [0, 0.1) is 12.3 Å². The molecule has 0 fully saturated rings. The minimum Gasteiger partial charge on any atom is -0.458 e. The number of hydrogen-bond donors (Lipinski definition) is 0. The van der Waals surface area contributed by atoms with Gasteiger partial charge in [-0.1, -0.05) is 118 Å². The molecule has 0 saturated heterocycles. The maximum absolute atomic E-state index is 14.4. The summed E-state index contributed by atoms with van der Waals surface area (Å²) in [6.07, 6.45) is 0. The van der Waals surface area contributed by atoms with E-state index in [1.807, 2.05) is 79.7 Å². The summed E-state index contributed by atoms with van der Waals surface area (Å²) in [6, 6.07) is 34.4. The molecule has 1 aromatic heterocycles. The standard InChI is InChI=1S/C37H36N2O3S/c1-25-20-22-29(23-21-25)43(40,41)39-24-26(2)33(38-34(27-14-8-6-9-15-27)28-16-10-7-11-17-28)32(37(3,4)5)36-35(39)30-18-12-13-19-31(30)42-36/h6-23,32-33H,2,24H2,1,3-5H3/t32-,33?/m0/s1. The van der Waals surface area contributed by atoms with Crippen LogP contribution < -0.4 is 4.31 Å². The van der Waals surface area contributed by atoms with E-state index in [1.54, 1.807) is 12.1 Å². The third-order valence-corrected chi connectivity index (χ3v) is 9.87. The van der Waals surface area contributed by atoms with Gasteiger partial charge in [-0.25, -0.2) is 8.42 Å². The highest BCUT2D eigenvalue weighted by Crippen LogP contribution is 2.51. The van der Waals surface area contributed by atoms with Crippen molar-refractivity contribution in [2.24, 2.45) is 10.4 Å². The maximum atomic E-state index is 14.4. The van der Waals surface area contributed by atoms with Gasteiger partial charge in [0.1, 0.15) is 17.0 Å². The lowest BCUT2D eigenvalue weighted by atomic mass is 9.73. The maximum Gasteiger partial charge on any atom is 0.264 e. The van der Waals surface area contributed by atoms with Crippen molar-refractivity contribution in [2.75, 3.05) is 10.8 Å². The van der Waals surface area contributed by atoms with E-state index in [0.717, 1.165) is 27.8 Å². The normalized spacial score (nSPS) is 17.4. The first kappa shape index (κ1) is 28.7. The van der Waals surface area contributed by atoms with Gasteiger partial charge in [-0.2, -0.15) is 0 Å². The second-order valence-electron chi connectivity index (χ2n) is 12.3. The van der Waals surface area contributed by atoms with Crippen LogP contribution in [0.2, 0.25) is 0 Å². The van der Waals surface area contributed by atoms with E-state index in [1.165, 1.54) is 4.31 Å². The first-order chi connectivity index (χ1) is 20.6. The lowest BCUT2D eigenvalue weighted by Crippen LogP contribution is -2.34. The Morgan fingerprint density at radius 2 is 1.40 bits per heavy atom. The molecule has 6 heteroatoms. The Morgan fingerprint density at radius 3 is 1.98 bits per heavy atom. The molecule has 4 aromatic carbocycles. The summed E-state index contributed by atoms with van der Waals surface area (Å²) in [5, 5.41) is 0.756. The van der Waals surface area contributed by atoms with Crippen LogP contribution in [0.1, 0.15) is 49.1 Å². The molecule has 2 heterocycles. The molecule has 0 amide bonds. The van der Waals surface area contributed by atoms with E-state index in [0.29, 0.717) is 22.6 Å². The van der Waals surface area contributed by atoms with Gasteiger partial charge in [0.05, 0.1) is 29.1 Å². The van der Waals surface area contributed by atoms with E-state index in [9.17, 15) is 8.42 Å². The molecule has 218 valence electrons. The van der Waals surface area contributed by atoms with Crippen LogP contribution in [-0.2, 0) is 10.0 Å². The van der Waals surface area contributed by atoms with E-state index in [2.05, 4.69) is 51.6 Å². The molecule has 0 aliphatic carbocycles. The third kappa shape index (κ3) is 5.32. The summed E-state index contributed by atoms with van der Waals surface area (Å²) in [5.41, 5.74) is 5.33. The lowest BCUT2D eigenvalue weighted by molar-refractivity contribution is 0.265. The molecule has 0 spiro atoms. The minimum absolute atomic E-state index is 0.0738. The van der Waals surface area contributed by atoms with E-state index < -0.39 is 16.1 Å². The monoisotopic (exact) mass is 588 g/mol. The summed E-state index contributed by atoms with van der Waals surface area (Å²) in [6.45, 7) is 13.0. The predicted molar refractivity (Wildman–Crippen MR) is 176 cm³/mol. The van der Waals surface area contributed by atoms with Crippen molar-refractivity contribution < 1.29 is 12.8 Å². The van der Waals surface area contributed by atoms with Gasteiger partial charge in [0.25, 0.3) is 10.0 Å². The second-order valence-corrected chi connectivity index (χ2v) is 14.2. The summed E-state index contributed by atoms with van der Waals surface area (Å²) in [4.78, 5) is 5.70. The fourth-order valence-electron chi connectivity index (χ4n) is 5.98. The predicted octanol–water partition coefficient (Wildman–Crippen LogP) is 8.54. The number of anilines is 1. The summed E-state index contributed by atoms with van der Waals surface area (Å²) in [7, 11) is -3.97. The van der Waals surface area contributed by atoms with Crippen LogP contribution in [0.15, 0.2) is 136 Å². The van der Waals surface area contributed by atoms with Gasteiger partial charge >= 0.3 is 0 Å². The Balaban J connectivity index is 1.63. The number of aliphatic imine (C=N–C) groups is 1. The van der Waals surface area contributed by atoms with Gasteiger partial charge in [-0.3, -0.25) is 9.30 Å². The number of furan rings is 1. The molecule has 0 saturated carbocycles. The molecule has 1 aliphatic rings. The molecule has 43 heavy (non-hydrogen) atoms. The molecule has 5 aromatic rings. The van der Waals surface area contributed by atoms with Gasteiger partial charge in [0, 0.05) is 16.5 Å². The Hall–Kier alpha value is -4.42. The number of benzene rings is 4. The second kappa shape index (κ2) is 11.0. The number of nitrogens with zero attached hydrogens (tertiary/aromatic N) is 2. The van der Waals surface area contributed by atoms with E-state index in [-0.39, 0.29) is 22.8 Å². The molecule has 2 atom stereocenters. The number of aryl methyl sites for hydroxylation is 1. The van der Waals surface area contributed by atoms with Crippen molar-refractivity contribution in [1.82, 2.24) is 0 Å².